The average molecular weight is 849 g/mol. The number of H-pyrrole nitrogens is 2. The van der Waals surface area contributed by atoms with Crippen LogP contribution in [-0.4, -0.2) is 98.3 Å². The number of hydrogen-bond donors (Lipinski definition) is 5. The lowest BCUT2D eigenvalue weighted by atomic mass is 9.90. The highest BCUT2D eigenvalue weighted by atomic mass is 16.5. The number of imidazole rings is 2. The smallest absolute Gasteiger partial charge is 0.407 e. The van der Waals surface area contributed by atoms with E-state index in [0.29, 0.717) is 56.4 Å². The lowest BCUT2D eigenvalue weighted by Gasteiger charge is -2.33. The summed E-state index contributed by atoms with van der Waals surface area (Å²) in [5.41, 5.74) is 5.79. The minimum Gasteiger partial charge on any atom is -0.465 e. The Morgan fingerprint density at radius 2 is 1.51 bits per heavy atom. The third-order valence-corrected chi connectivity index (χ3v) is 12.4. The normalized spacial score (nSPS) is 18.7. The van der Waals surface area contributed by atoms with Crippen LogP contribution >= 0.6 is 0 Å². The molecule has 6 aromatic rings. The quantitative estimate of drug-likeness (QED) is 0.0953. The molecular weight excluding hydrogens is 801 g/mol. The molecule has 15 nitrogen and oxygen atoms in total. The highest BCUT2D eigenvalue weighted by Crippen LogP contribution is 2.36. The van der Waals surface area contributed by atoms with E-state index in [4.69, 9.17) is 14.5 Å². The predicted octanol–water partition coefficient (Wildman–Crippen LogP) is 6.99. The summed E-state index contributed by atoms with van der Waals surface area (Å²) in [6, 6.07) is 24.9. The van der Waals surface area contributed by atoms with Gasteiger partial charge in [-0.2, -0.15) is 0 Å². The van der Waals surface area contributed by atoms with Crippen molar-refractivity contribution < 1.29 is 33.8 Å². The van der Waals surface area contributed by atoms with Crippen molar-refractivity contribution in [1.82, 2.24) is 40.4 Å². The zero-order valence-electron chi connectivity index (χ0n) is 34.8. The molecule has 0 spiro atoms. The second kappa shape index (κ2) is 18.0. The number of carboxylic acid groups (broad SMARTS) is 1. The maximum absolute atomic E-state index is 13.9. The minimum absolute atomic E-state index is 0.120. The lowest BCUT2D eigenvalue weighted by Crippen LogP contribution is -2.52. The number of likely N-dealkylation sites (tertiary alicyclic amines) is 2. The number of nitrogens with zero attached hydrogens (tertiary/aromatic N) is 4. The molecule has 4 amide bonds. The summed E-state index contributed by atoms with van der Waals surface area (Å²) in [7, 11) is 1.28. The number of ether oxygens (including phenoxy) is 2. The van der Waals surface area contributed by atoms with E-state index < -0.39 is 24.3 Å². The fourth-order valence-corrected chi connectivity index (χ4v) is 9.24. The molecule has 15 heteroatoms. The molecular formula is C48H48N8O7. The molecule has 5 N–H and O–H groups in total. The molecule has 4 atom stereocenters. The Labute approximate surface area is 363 Å². The van der Waals surface area contributed by atoms with Crippen LogP contribution in [0.15, 0.2) is 91.1 Å². The number of aromatic nitrogens is 4. The largest absolute Gasteiger partial charge is 0.465 e. The Hall–Kier alpha value is -7.18. The average Bonchev–Trinajstić information content (AvgIpc) is 4.16. The Morgan fingerprint density at radius 1 is 0.810 bits per heavy atom. The van der Waals surface area contributed by atoms with Crippen LogP contribution in [0.3, 0.4) is 0 Å². The van der Waals surface area contributed by atoms with E-state index in [1.807, 2.05) is 78.9 Å². The fourth-order valence-electron chi connectivity index (χ4n) is 9.24. The van der Waals surface area contributed by atoms with Gasteiger partial charge in [-0.3, -0.25) is 9.59 Å². The molecule has 0 bridgehead atoms. The molecule has 3 aliphatic rings. The second-order valence-corrected chi connectivity index (χ2v) is 16.3. The van der Waals surface area contributed by atoms with Crippen molar-refractivity contribution in [2.45, 2.75) is 62.7 Å². The molecule has 3 fully saturated rings. The van der Waals surface area contributed by atoms with Crippen molar-refractivity contribution in [3.63, 3.8) is 0 Å². The number of carbonyl (C=O) groups excluding carboxylic acids is 3. The van der Waals surface area contributed by atoms with Crippen molar-refractivity contribution in [2.24, 2.45) is 5.92 Å². The molecule has 0 saturated carbocycles. The van der Waals surface area contributed by atoms with E-state index in [9.17, 15) is 24.3 Å². The molecule has 322 valence electrons. The topological polar surface area (TPSA) is 195 Å². The minimum atomic E-state index is -1.20. The number of aromatic amines is 2. The monoisotopic (exact) mass is 848 g/mol. The Bertz CT molecular complexity index is 2720. The summed E-state index contributed by atoms with van der Waals surface area (Å²) < 4.78 is 10.3. The maximum atomic E-state index is 13.9. The van der Waals surface area contributed by atoms with E-state index in [0.717, 1.165) is 69.9 Å². The number of carbonyl (C=O) groups is 4. The Balaban J connectivity index is 0.878. The van der Waals surface area contributed by atoms with E-state index in [2.05, 4.69) is 43.5 Å². The van der Waals surface area contributed by atoms with Crippen LogP contribution in [0.2, 0.25) is 0 Å². The molecule has 5 heterocycles. The van der Waals surface area contributed by atoms with E-state index in [1.54, 1.807) is 16.0 Å². The second-order valence-electron chi connectivity index (χ2n) is 16.3. The van der Waals surface area contributed by atoms with Gasteiger partial charge in [0.15, 0.2) is 0 Å². The van der Waals surface area contributed by atoms with Crippen LogP contribution in [0.5, 0.6) is 0 Å². The van der Waals surface area contributed by atoms with Gasteiger partial charge in [-0.15, -0.1) is 0 Å². The van der Waals surface area contributed by atoms with Gasteiger partial charge in [0.2, 0.25) is 5.91 Å². The van der Waals surface area contributed by atoms with Crippen molar-refractivity contribution in [2.75, 3.05) is 33.4 Å². The Kier molecular flexibility index (Phi) is 11.8. The first-order valence-corrected chi connectivity index (χ1v) is 21.4. The van der Waals surface area contributed by atoms with Gasteiger partial charge in [0.1, 0.15) is 23.7 Å². The lowest BCUT2D eigenvalue weighted by molar-refractivity contribution is -0.137. The number of benzene rings is 4. The van der Waals surface area contributed by atoms with Gasteiger partial charge >= 0.3 is 12.2 Å². The number of rotatable bonds is 9. The standard InChI is InChI=1S/C48H48N8O7/c1-62-48(61)54-41(32-7-3-2-4-8-32)46(58)55-23-5-9-38(55)43-49-28-37(51-43)31-16-13-29(14-17-31)11-12-30-15-19-35-34(27-30)18-20-36-42(35)52-44(50-36)39-10-6-24-56(39)45(57)40(53-47(59)60)33-21-25-63-26-22-33/h2-4,7-8,13-20,27-28,33,38-41,53H,5-6,9-10,21-26H2,1H3,(H,49,51)(H,50,52)(H,54,61)(H,59,60)/t38-,39-,40-,41+/m0/s1. The molecule has 0 unspecified atom stereocenters. The van der Waals surface area contributed by atoms with Gasteiger partial charge in [-0.25, -0.2) is 19.6 Å². The van der Waals surface area contributed by atoms with Crippen LogP contribution < -0.4 is 10.6 Å². The highest BCUT2D eigenvalue weighted by Gasteiger charge is 2.40. The zero-order valence-corrected chi connectivity index (χ0v) is 34.8. The zero-order chi connectivity index (χ0) is 43.5. The third kappa shape index (κ3) is 8.67. The molecule has 4 aromatic carbocycles. The van der Waals surface area contributed by atoms with Crippen molar-refractivity contribution in [3.05, 3.63) is 119 Å². The van der Waals surface area contributed by atoms with Gasteiger partial charge in [0, 0.05) is 42.8 Å². The first-order chi connectivity index (χ1) is 30.7. The van der Waals surface area contributed by atoms with E-state index >= 15 is 0 Å². The number of fused-ring (bicyclic) bond motifs is 3. The van der Waals surface area contributed by atoms with Crippen molar-refractivity contribution >= 4 is 45.8 Å². The summed E-state index contributed by atoms with van der Waals surface area (Å²) in [6.45, 7) is 2.10. The molecule has 3 saturated heterocycles. The summed E-state index contributed by atoms with van der Waals surface area (Å²) in [5, 5.41) is 16.8. The summed E-state index contributed by atoms with van der Waals surface area (Å²) in [6.07, 6.45) is 4.23. The summed E-state index contributed by atoms with van der Waals surface area (Å²) in [5.74, 6) is 7.42. The first kappa shape index (κ1) is 41.2. The van der Waals surface area contributed by atoms with E-state index in [-0.39, 0.29) is 29.8 Å². The SMILES string of the molecule is COC(=O)N[C@@H](C(=O)N1CCC[C@H]1c1ncc(-c2ccc(C#Cc3ccc4c(ccc5nc([C@@H]6CCCN6C(=O)[C@@H](NC(=O)O)C6CCOCC6)[nH]c54)c3)cc2)[nH]1)c1ccccc1. The van der Waals surface area contributed by atoms with Crippen LogP contribution in [-0.2, 0) is 19.1 Å². The van der Waals surface area contributed by atoms with Gasteiger partial charge in [-0.05, 0) is 91.3 Å². The highest BCUT2D eigenvalue weighted by molar-refractivity contribution is 6.04. The molecule has 63 heavy (non-hydrogen) atoms. The van der Waals surface area contributed by atoms with Crippen molar-refractivity contribution in [3.8, 4) is 23.1 Å². The molecule has 0 radical (unpaired) electrons. The number of amides is 4. The predicted molar refractivity (Wildman–Crippen MR) is 234 cm³/mol. The molecule has 0 aliphatic carbocycles. The van der Waals surface area contributed by atoms with Crippen molar-refractivity contribution in [1.29, 1.82) is 0 Å². The van der Waals surface area contributed by atoms with E-state index in [1.165, 1.54) is 7.11 Å². The van der Waals surface area contributed by atoms with Gasteiger partial charge in [0.05, 0.1) is 42.1 Å². The third-order valence-electron chi connectivity index (χ3n) is 12.4. The van der Waals surface area contributed by atoms with Gasteiger partial charge < -0.3 is 45.0 Å². The summed E-state index contributed by atoms with van der Waals surface area (Å²) >= 11 is 0. The van der Waals surface area contributed by atoms with Gasteiger partial charge in [-0.1, -0.05) is 66.4 Å². The van der Waals surface area contributed by atoms with Crippen LogP contribution in [0.4, 0.5) is 9.59 Å². The number of hydrogen-bond acceptors (Lipinski definition) is 8. The van der Waals surface area contributed by atoms with Crippen LogP contribution in [0.25, 0.3) is 33.1 Å². The number of nitrogens with one attached hydrogen (secondary N) is 4. The first-order valence-electron chi connectivity index (χ1n) is 21.4. The number of alkyl carbamates (subject to hydrolysis) is 1. The molecule has 2 aromatic heterocycles. The van der Waals surface area contributed by atoms with Crippen LogP contribution in [0, 0.1) is 17.8 Å². The molecule has 3 aliphatic heterocycles. The maximum Gasteiger partial charge on any atom is 0.407 e. The summed E-state index contributed by atoms with van der Waals surface area (Å²) in [4.78, 5) is 71.9. The number of methoxy groups -OCH3 is 1. The van der Waals surface area contributed by atoms with Gasteiger partial charge in [0.25, 0.3) is 5.91 Å². The Morgan fingerprint density at radius 3 is 2.24 bits per heavy atom. The van der Waals surface area contributed by atoms with Crippen LogP contribution in [0.1, 0.15) is 85.0 Å². The molecule has 9 rings (SSSR count). The fraction of sp³-hybridized carbons (Fsp3) is 0.333.